The Bertz CT molecular complexity index is 1360. The molecule has 22 heavy (non-hydrogen) atoms. The normalized spacial score (nSPS) is 15.5. The average molecular weight is 296 g/mol. The molecular formula is C18H11NO3. The summed E-state index contributed by atoms with van der Waals surface area (Å²) in [6.45, 7) is 0. The van der Waals surface area contributed by atoms with Crippen molar-refractivity contribution in [2.75, 3.05) is 0 Å². The minimum atomic E-state index is -0.651. The standard InChI is InChI=1S/C18H11NO3/c20-19(21)16-7-3-1-5-13(16)12-9-10-18-15(11-12)14-6-2-4-8-17(14)22-18/h1-11H/i2D,4D,6D,8D,9D,10D,11D. The Hall–Kier alpha value is -3.14. The Morgan fingerprint density at radius 1 is 1.00 bits per heavy atom. The third-order valence-corrected chi connectivity index (χ3v) is 3.26. The van der Waals surface area contributed by atoms with Crippen molar-refractivity contribution in [2.24, 2.45) is 0 Å². The molecule has 0 aliphatic heterocycles. The molecule has 0 bridgehead atoms. The maximum absolute atomic E-state index is 11.4. The van der Waals surface area contributed by atoms with Gasteiger partial charge in [-0.25, -0.2) is 0 Å². The second-order valence-corrected chi connectivity index (χ2v) is 4.53. The fraction of sp³-hybridized carbons (Fsp3) is 0. The fourth-order valence-corrected chi connectivity index (χ4v) is 2.28. The van der Waals surface area contributed by atoms with Crippen LogP contribution in [0, 0.1) is 10.1 Å². The van der Waals surface area contributed by atoms with Crippen LogP contribution in [0.1, 0.15) is 9.60 Å². The van der Waals surface area contributed by atoms with E-state index in [-0.39, 0.29) is 44.8 Å². The van der Waals surface area contributed by atoms with Crippen LogP contribution in [0.2, 0.25) is 0 Å². The number of benzene rings is 3. The van der Waals surface area contributed by atoms with E-state index in [0.717, 1.165) is 0 Å². The third-order valence-electron chi connectivity index (χ3n) is 3.26. The Morgan fingerprint density at radius 3 is 2.64 bits per heavy atom. The van der Waals surface area contributed by atoms with Gasteiger partial charge in [0.25, 0.3) is 5.69 Å². The number of nitrogens with zero attached hydrogens (tertiary/aromatic N) is 1. The first-order valence-corrected chi connectivity index (χ1v) is 6.32. The summed E-state index contributed by atoms with van der Waals surface area (Å²) in [5.41, 5.74) is -1.01. The second kappa shape index (κ2) is 4.70. The Labute approximate surface area is 135 Å². The molecule has 0 saturated heterocycles. The zero-order valence-electron chi connectivity index (χ0n) is 18.0. The molecule has 0 radical (unpaired) electrons. The first-order valence-electron chi connectivity index (χ1n) is 9.82. The number of nitro groups is 1. The monoisotopic (exact) mass is 296 g/mol. The lowest BCUT2D eigenvalue weighted by atomic mass is 10.0. The van der Waals surface area contributed by atoms with Crippen LogP contribution in [-0.2, 0) is 0 Å². The van der Waals surface area contributed by atoms with Gasteiger partial charge in [-0.3, -0.25) is 10.1 Å². The van der Waals surface area contributed by atoms with E-state index in [1.165, 1.54) is 24.3 Å². The number of hydrogen-bond acceptors (Lipinski definition) is 3. The summed E-state index contributed by atoms with van der Waals surface area (Å²) >= 11 is 0. The van der Waals surface area contributed by atoms with E-state index in [1.807, 2.05) is 0 Å². The van der Waals surface area contributed by atoms with E-state index >= 15 is 0 Å². The first-order chi connectivity index (χ1) is 13.7. The Kier molecular flexibility index (Phi) is 1.54. The molecule has 0 fully saturated rings. The van der Waals surface area contributed by atoms with Crippen LogP contribution in [0.5, 0.6) is 0 Å². The van der Waals surface area contributed by atoms with Crippen LogP contribution in [0.3, 0.4) is 0 Å². The van der Waals surface area contributed by atoms with Gasteiger partial charge in [-0.2, -0.15) is 0 Å². The van der Waals surface area contributed by atoms with Gasteiger partial charge in [0.05, 0.1) is 20.1 Å². The van der Waals surface area contributed by atoms with Gasteiger partial charge in [-0.15, -0.1) is 0 Å². The molecule has 0 unspecified atom stereocenters. The molecule has 0 spiro atoms. The van der Waals surface area contributed by atoms with Crippen molar-refractivity contribution in [1.29, 1.82) is 0 Å². The quantitative estimate of drug-likeness (QED) is 0.379. The number of fused-ring (bicyclic) bond motifs is 3. The molecule has 4 nitrogen and oxygen atoms in total. The molecule has 4 aromatic rings. The van der Waals surface area contributed by atoms with Gasteiger partial charge in [-0.05, 0) is 29.8 Å². The SMILES string of the molecule is [2H]c1c([2H])c([2H])c2c(oc3c([2H])c([2H])c(-c4ccccc4[N+](=O)[O-])c([2H])c32)c1[2H]. The van der Waals surface area contributed by atoms with E-state index in [0.29, 0.717) is 0 Å². The lowest BCUT2D eigenvalue weighted by Crippen LogP contribution is -1.91. The minimum absolute atomic E-state index is 0.0295. The van der Waals surface area contributed by atoms with Crippen molar-refractivity contribution in [2.45, 2.75) is 0 Å². The van der Waals surface area contributed by atoms with Crippen molar-refractivity contribution >= 4 is 27.6 Å². The third kappa shape index (κ3) is 1.85. The van der Waals surface area contributed by atoms with E-state index in [9.17, 15) is 10.1 Å². The molecule has 0 amide bonds. The number of nitro benzene ring substituents is 1. The molecule has 0 saturated carbocycles. The summed E-state index contributed by atoms with van der Waals surface area (Å²) in [4.78, 5) is 10.8. The van der Waals surface area contributed by atoms with Crippen molar-refractivity contribution in [3.8, 4) is 11.1 Å². The van der Waals surface area contributed by atoms with Gasteiger partial charge in [0.2, 0.25) is 0 Å². The molecule has 4 rings (SSSR count). The fourth-order valence-electron chi connectivity index (χ4n) is 2.28. The highest BCUT2D eigenvalue weighted by molar-refractivity contribution is 6.06. The highest BCUT2D eigenvalue weighted by Crippen LogP contribution is 2.35. The Morgan fingerprint density at radius 2 is 1.77 bits per heavy atom. The summed E-state index contributed by atoms with van der Waals surface area (Å²) in [6, 6.07) is 2.28. The van der Waals surface area contributed by atoms with E-state index < -0.39 is 41.2 Å². The molecule has 3 aromatic carbocycles. The molecule has 1 heterocycles. The maximum atomic E-state index is 11.4. The van der Waals surface area contributed by atoms with Crippen LogP contribution in [0.4, 0.5) is 5.69 Å². The molecule has 106 valence electrons. The summed E-state index contributed by atoms with van der Waals surface area (Å²) < 4.78 is 62.5. The van der Waals surface area contributed by atoms with Gasteiger partial charge < -0.3 is 4.42 Å². The van der Waals surface area contributed by atoms with Crippen LogP contribution in [-0.4, -0.2) is 4.92 Å². The summed E-state index contributed by atoms with van der Waals surface area (Å²) in [7, 11) is 0. The number of para-hydroxylation sites is 2. The smallest absolute Gasteiger partial charge is 0.277 e. The van der Waals surface area contributed by atoms with Crippen LogP contribution in [0.25, 0.3) is 33.1 Å². The predicted molar refractivity (Wildman–Crippen MR) is 85.8 cm³/mol. The lowest BCUT2D eigenvalue weighted by molar-refractivity contribution is -0.384. The molecular weight excluding hydrogens is 278 g/mol. The number of furan rings is 1. The van der Waals surface area contributed by atoms with Crippen LogP contribution >= 0.6 is 0 Å². The van der Waals surface area contributed by atoms with Gasteiger partial charge >= 0.3 is 0 Å². The van der Waals surface area contributed by atoms with Gasteiger partial charge in [0.15, 0.2) is 0 Å². The molecule has 0 aliphatic rings. The lowest BCUT2D eigenvalue weighted by Gasteiger charge is -2.03. The number of rotatable bonds is 2. The maximum Gasteiger partial charge on any atom is 0.277 e. The van der Waals surface area contributed by atoms with Crippen molar-refractivity contribution in [3.63, 3.8) is 0 Å². The second-order valence-electron chi connectivity index (χ2n) is 4.53. The van der Waals surface area contributed by atoms with Crippen molar-refractivity contribution in [3.05, 3.63) is 76.7 Å². The largest absolute Gasteiger partial charge is 0.456 e. The van der Waals surface area contributed by atoms with E-state index in [4.69, 9.17) is 14.0 Å². The first kappa shape index (κ1) is 7.22. The van der Waals surface area contributed by atoms with Crippen LogP contribution in [0.15, 0.2) is 71.0 Å². The molecule has 4 heteroatoms. The van der Waals surface area contributed by atoms with Crippen molar-refractivity contribution in [1.82, 2.24) is 0 Å². The minimum Gasteiger partial charge on any atom is -0.456 e. The van der Waals surface area contributed by atoms with Crippen LogP contribution < -0.4 is 0 Å². The Balaban J connectivity index is 2.27. The van der Waals surface area contributed by atoms with E-state index in [1.54, 1.807) is 0 Å². The van der Waals surface area contributed by atoms with Gasteiger partial charge in [0.1, 0.15) is 11.2 Å². The van der Waals surface area contributed by atoms with Gasteiger partial charge in [-0.1, -0.05) is 36.3 Å². The summed E-state index contributed by atoms with van der Waals surface area (Å²) in [6.07, 6.45) is 0. The molecule has 0 atom stereocenters. The van der Waals surface area contributed by atoms with E-state index in [2.05, 4.69) is 0 Å². The van der Waals surface area contributed by atoms with Gasteiger partial charge in [0, 0.05) is 16.8 Å². The topological polar surface area (TPSA) is 56.3 Å². The molecule has 0 N–H and O–H groups in total. The summed E-state index contributed by atoms with van der Waals surface area (Å²) in [5.74, 6) is 0. The zero-order valence-corrected chi connectivity index (χ0v) is 11.0. The average Bonchev–Trinajstić information content (AvgIpc) is 3.10. The predicted octanol–water partition coefficient (Wildman–Crippen LogP) is 5.16. The van der Waals surface area contributed by atoms with Crippen molar-refractivity contribution < 1.29 is 18.9 Å². The summed E-state index contributed by atoms with van der Waals surface area (Å²) in [5, 5.41) is 11.3. The molecule has 1 aromatic heterocycles. The highest BCUT2D eigenvalue weighted by Gasteiger charge is 2.15. The highest BCUT2D eigenvalue weighted by atomic mass is 16.6. The zero-order chi connectivity index (χ0) is 21.2. The molecule has 0 aliphatic carbocycles. The number of hydrogen-bond donors (Lipinski definition) is 0.